The average Bonchev–Trinajstić information content (AvgIpc) is 3.27. The van der Waals surface area contributed by atoms with Gasteiger partial charge in [0.1, 0.15) is 12.0 Å². The van der Waals surface area contributed by atoms with Gasteiger partial charge in [0.05, 0.1) is 37.0 Å². The molecule has 9 nitrogen and oxygen atoms in total. The van der Waals surface area contributed by atoms with Gasteiger partial charge in [0.25, 0.3) is 5.56 Å². The number of halogens is 2. The lowest BCUT2D eigenvalue weighted by Crippen LogP contribution is -2.29. The van der Waals surface area contributed by atoms with Crippen LogP contribution in [0.25, 0.3) is 16.6 Å². The van der Waals surface area contributed by atoms with Gasteiger partial charge in [-0.25, -0.2) is 13.8 Å². The first-order valence-corrected chi connectivity index (χ1v) is 10.4. The lowest BCUT2D eigenvalue weighted by molar-refractivity contribution is 0.359. The largest absolute Gasteiger partial charge is 0.493 e. The zero-order valence-corrected chi connectivity index (χ0v) is 19.2. The number of nitrogens with one attached hydrogen (secondary N) is 1. The molecule has 0 saturated carbocycles. The van der Waals surface area contributed by atoms with Crippen molar-refractivity contribution in [3.8, 4) is 17.2 Å². The predicted molar refractivity (Wildman–Crippen MR) is 125 cm³/mol. The number of likely N-dealkylation sites (N-methyl/N-ethyl adjacent to an activating group) is 1. The third kappa shape index (κ3) is 4.05. The SMILES string of the molecule is CNCCN(c1ccc2ncn(-c3cnn(C)c3)c(=O)c2c1)c1c(F)c(OC)cc(OC)c1F. The first-order valence-electron chi connectivity index (χ1n) is 10.4. The molecule has 1 N–H and O–H groups in total. The molecule has 4 rings (SSSR count). The summed E-state index contributed by atoms with van der Waals surface area (Å²) in [7, 11) is 6.06. The summed E-state index contributed by atoms with van der Waals surface area (Å²) in [5.74, 6) is -2.08. The monoisotopic (exact) mass is 470 g/mol. The Morgan fingerprint density at radius 2 is 1.82 bits per heavy atom. The molecule has 11 heteroatoms. The number of anilines is 2. The van der Waals surface area contributed by atoms with E-state index in [-0.39, 0.29) is 34.7 Å². The summed E-state index contributed by atoms with van der Waals surface area (Å²) >= 11 is 0. The van der Waals surface area contributed by atoms with E-state index in [0.29, 0.717) is 23.4 Å². The highest BCUT2D eigenvalue weighted by Gasteiger charge is 2.26. The molecule has 0 amide bonds. The van der Waals surface area contributed by atoms with Crippen LogP contribution in [-0.4, -0.2) is 53.7 Å². The van der Waals surface area contributed by atoms with Gasteiger partial charge in [-0.3, -0.25) is 14.0 Å². The van der Waals surface area contributed by atoms with Crippen molar-refractivity contribution < 1.29 is 18.3 Å². The van der Waals surface area contributed by atoms with Gasteiger partial charge in [0.2, 0.25) is 0 Å². The van der Waals surface area contributed by atoms with Crippen LogP contribution in [0.4, 0.5) is 20.2 Å². The molecule has 0 spiro atoms. The van der Waals surface area contributed by atoms with Gasteiger partial charge in [0, 0.05) is 38.1 Å². The average molecular weight is 470 g/mol. The van der Waals surface area contributed by atoms with Crippen LogP contribution >= 0.6 is 0 Å². The third-order valence-corrected chi connectivity index (χ3v) is 5.43. The van der Waals surface area contributed by atoms with Gasteiger partial charge in [-0.1, -0.05) is 0 Å². The minimum absolute atomic E-state index is 0.163. The van der Waals surface area contributed by atoms with Crippen molar-refractivity contribution in [2.45, 2.75) is 0 Å². The molecule has 0 fully saturated rings. The van der Waals surface area contributed by atoms with E-state index in [2.05, 4.69) is 15.4 Å². The summed E-state index contributed by atoms with van der Waals surface area (Å²) in [5, 5.41) is 7.36. The Labute approximate surface area is 194 Å². The Hall–Kier alpha value is -3.99. The summed E-state index contributed by atoms with van der Waals surface area (Å²) in [6, 6.07) is 6.02. The zero-order chi connectivity index (χ0) is 24.4. The number of rotatable bonds is 8. The number of aromatic nitrogens is 4. The van der Waals surface area contributed by atoms with E-state index in [1.54, 1.807) is 49.4 Å². The maximum absolute atomic E-state index is 15.3. The van der Waals surface area contributed by atoms with Crippen LogP contribution in [0.1, 0.15) is 0 Å². The van der Waals surface area contributed by atoms with Crippen LogP contribution < -0.4 is 25.2 Å². The highest BCUT2D eigenvalue weighted by atomic mass is 19.1. The van der Waals surface area contributed by atoms with Gasteiger partial charge < -0.3 is 19.7 Å². The van der Waals surface area contributed by atoms with Gasteiger partial charge in [0.15, 0.2) is 23.1 Å². The van der Waals surface area contributed by atoms with Crippen LogP contribution in [0, 0.1) is 11.6 Å². The first-order chi connectivity index (χ1) is 16.4. The molecule has 0 aliphatic carbocycles. The third-order valence-electron chi connectivity index (χ3n) is 5.43. The fourth-order valence-corrected chi connectivity index (χ4v) is 3.70. The Morgan fingerprint density at radius 1 is 1.12 bits per heavy atom. The van der Waals surface area contributed by atoms with E-state index < -0.39 is 11.6 Å². The second-order valence-corrected chi connectivity index (χ2v) is 7.51. The molecular weight excluding hydrogens is 446 g/mol. The van der Waals surface area contributed by atoms with Crippen molar-refractivity contribution in [1.29, 1.82) is 0 Å². The molecule has 0 bridgehead atoms. The molecule has 2 heterocycles. The summed E-state index contributed by atoms with van der Waals surface area (Å²) < 4.78 is 43.8. The van der Waals surface area contributed by atoms with Crippen molar-refractivity contribution in [3.05, 3.63) is 65.0 Å². The number of nitrogens with zero attached hydrogens (tertiary/aromatic N) is 5. The van der Waals surface area contributed by atoms with E-state index in [9.17, 15) is 4.79 Å². The second kappa shape index (κ2) is 9.48. The number of fused-ring (bicyclic) bond motifs is 1. The molecule has 0 atom stereocenters. The molecule has 0 radical (unpaired) electrons. The molecule has 0 aliphatic rings. The normalized spacial score (nSPS) is 11.1. The number of methoxy groups -OCH3 is 2. The minimum Gasteiger partial charge on any atom is -0.493 e. The first kappa shape index (κ1) is 23.2. The van der Waals surface area contributed by atoms with E-state index in [1.807, 2.05) is 0 Å². The molecule has 0 unspecified atom stereocenters. The molecule has 2 aromatic carbocycles. The van der Waals surface area contributed by atoms with Gasteiger partial charge in [-0.2, -0.15) is 5.10 Å². The summed E-state index contributed by atoms with van der Waals surface area (Å²) in [6.45, 7) is 0.604. The van der Waals surface area contributed by atoms with E-state index in [0.717, 1.165) is 6.07 Å². The second-order valence-electron chi connectivity index (χ2n) is 7.51. The molecule has 34 heavy (non-hydrogen) atoms. The van der Waals surface area contributed by atoms with Crippen LogP contribution in [0.3, 0.4) is 0 Å². The highest BCUT2D eigenvalue weighted by Crippen LogP contribution is 2.40. The van der Waals surface area contributed by atoms with Crippen LogP contribution in [0.2, 0.25) is 0 Å². The Morgan fingerprint density at radius 3 is 2.41 bits per heavy atom. The lowest BCUT2D eigenvalue weighted by atomic mass is 10.1. The maximum Gasteiger partial charge on any atom is 0.265 e. The smallest absolute Gasteiger partial charge is 0.265 e. The van der Waals surface area contributed by atoms with Crippen LogP contribution in [0.15, 0.2) is 47.8 Å². The Kier molecular flexibility index (Phi) is 6.46. The maximum atomic E-state index is 15.3. The molecule has 2 aromatic heterocycles. The number of hydrogen-bond acceptors (Lipinski definition) is 7. The molecule has 178 valence electrons. The van der Waals surface area contributed by atoms with E-state index >= 15 is 8.78 Å². The standard InChI is InChI=1S/C23H24F2N6O3/c1-26-7-8-30(22-20(24)18(33-3)10-19(34-4)21(22)25)14-5-6-17-16(9-14)23(32)31(13-27-17)15-11-28-29(2)12-15/h5-6,9-13,26H,7-8H2,1-4H3. The topological polar surface area (TPSA) is 86.4 Å². The fraction of sp³-hybridized carbons (Fsp3) is 0.261. The molecule has 0 saturated heterocycles. The van der Waals surface area contributed by atoms with E-state index in [1.165, 1.54) is 30.0 Å². The minimum atomic E-state index is -0.879. The molecule has 0 aliphatic heterocycles. The van der Waals surface area contributed by atoms with Crippen molar-refractivity contribution >= 4 is 22.3 Å². The van der Waals surface area contributed by atoms with Crippen LogP contribution in [-0.2, 0) is 7.05 Å². The summed E-state index contributed by atoms with van der Waals surface area (Å²) in [5.41, 5.74) is 0.721. The molecular formula is C23H24F2N6O3. The number of aryl methyl sites for hydroxylation is 1. The number of ether oxygens (including phenoxy) is 2. The summed E-state index contributed by atoms with van der Waals surface area (Å²) in [4.78, 5) is 19.1. The lowest BCUT2D eigenvalue weighted by Gasteiger charge is -2.27. The number of hydrogen-bond donors (Lipinski definition) is 1. The zero-order valence-electron chi connectivity index (χ0n) is 19.2. The fourth-order valence-electron chi connectivity index (χ4n) is 3.70. The van der Waals surface area contributed by atoms with Crippen LogP contribution in [0.5, 0.6) is 11.5 Å². The van der Waals surface area contributed by atoms with Crippen molar-refractivity contribution in [2.75, 3.05) is 39.3 Å². The quantitative estimate of drug-likeness (QED) is 0.424. The molecule has 4 aromatic rings. The van der Waals surface area contributed by atoms with Gasteiger partial charge in [-0.15, -0.1) is 0 Å². The Balaban J connectivity index is 1.92. The Bertz CT molecular complexity index is 1370. The van der Waals surface area contributed by atoms with Gasteiger partial charge >= 0.3 is 0 Å². The predicted octanol–water partition coefficient (Wildman–Crippen LogP) is 2.77. The number of benzene rings is 2. The van der Waals surface area contributed by atoms with E-state index in [4.69, 9.17) is 9.47 Å². The van der Waals surface area contributed by atoms with Crippen molar-refractivity contribution in [2.24, 2.45) is 7.05 Å². The highest BCUT2D eigenvalue weighted by molar-refractivity contribution is 5.84. The van der Waals surface area contributed by atoms with Gasteiger partial charge in [-0.05, 0) is 25.2 Å². The van der Waals surface area contributed by atoms with Crippen molar-refractivity contribution in [1.82, 2.24) is 24.6 Å². The van der Waals surface area contributed by atoms with Crippen molar-refractivity contribution in [3.63, 3.8) is 0 Å². The summed E-state index contributed by atoms with van der Waals surface area (Å²) in [6.07, 6.45) is 4.66.